The largest absolute Gasteiger partial charge is 0.435 e. The lowest BCUT2D eigenvalue weighted by atomic mass is 9.84. The van der Waals surface area contributed by atoms with Crippen molar-refractivity contribution in [3.63, 3.8) is 0 Å². The van der Waals surface area contributed by atoms with E-state index in [1.54, 1.807) is 0 Å². The third-order valence-electron chi connectivity index (χ3n) is 6.16. The van der Waals surface area contributed by atoms with Gasteiger partial charge >= 0.3 is 12.4 Å². The Balaban J connectivity index is 1.57. The Morgan fingerprint density at radius 3 is 2.47 bits per heavy atom. The fourth-order valence-corrected chi connectivity index (χ4v) is 4.40. The SMILES string of the molecule is O=C(NC1CC1)c1ccc(C2=NOC(c3cc(Cl)cc(C(F)(F)F)c3)(C(F)(F)F)C2)c2ccncc12. The molecular weight excluding hydrogens is 512 g/mol. The molecule has 3 aromatic rings. The lowest BCUT2D eigenvalue weighted by Crippen LogP contribution is -2.43. The molecule has 0 spiro atoms. The van der Waals surface area contributed by atoms with Crippen LogP contribution in [0.15, 0.2) is 53.9 Å². The topological polar surface area (TPSA) is 63.6 Å². The van der Waals surface area contributed by atoms with Gasteiger partial charge in [0.25, 0.3) is 11.5 Å². The van der Waals surface area contributed by atoms with E-state index in [0.29, 0.717) is 28.5 Å². The number of rotatable bonds is 4. The molecule has 1 saturated carbocycles. The van der Waals surface area contributed by atoms with Crippen LogP contribution in [0.3, 0.4) is 0 Å². The van der Waals surface area contributed by atoms with E-state index in [1.165, 1.54) is 30.6 Å². The quantitative estimate of drug-likeness (QED) is 0.400. The number of hydrogen-bond acceptors (Lipinski definition) is 4. The van der Waals surface area contributed by atoms with Crippen molar-refractivity contribution in [2.24, 2.45) is 5.16 Å². The van der Waals surface area contributed by atoms with Crippen molar-refractivity contribution in [1.29, 1.82) is 0 Å². The van der Waals surface area contributed by atoms with Crippen molar-refractivity contribution in [3.05, 3.63) is 76.1 Å². The van der Waals surface area contributed by atoms with E-state index in [-0.39, 0.29) is 23.2 Å². The molecule has 1 fully saturated rings. The number of benzene rings is 2. The minimum atomic E-state index is -5.13. The Bertz CT molecular complexity index is 1400. The number of halogens is 7. The average molecular weight is 528 g/mol. The van der Waals surface area contributed by atoms with E-state index >= 15 is 0 Å². The first-order chi connectivity index (χ1) is 16.9. The summed E-state index contributed by atoms with van der Waals surface area (Å²) in [5.41, 5.74) is -4.96. The number of carbonyl (C=O) groups excluding carboxylic acids is 1. The van der Waals surface area contributed by atoms with Crippen LogP contribution in [-0.2, 0) is 16.6 Å². The van der Waals surface area contributed by atoms with Gasteiger partial charge in [0.15, 0.2) is 0 Å². The molecule has 5 rings (SSSR count). The Labute approximate surface area is 205 Å². The second-order valence-corrected chi connectivity index (χ2v) is 9.12. The minimum absolute atomic E-state index is 0.0863. The molecule has 2 aliphatic rings. The molecule has 0 saturated heterocycles. The molecule has 0 radical (unpaired) electrons. The van der Waals surface area contributed by atoms with Crippen molar-refractivity contribution < 1.29 is 36.0 Å². The van der Waals surface area contributed by atoms with Crippen LogP contribution in [0.4, 0.5) is 26.3 Å². The van der Waals surface area contributed by atoms with Crippen LogP contribution < -0.4 is 5.32 Å². The van der Waals surface area contributed by atoms with Gasteiger partial charge in [0.2, 0.25) is 0 Å². The predicted octanol–water partition coefficient (Wildman–Crippen LogP) is 6.38. The van der Waals surface area contributed by atoms with Crippen LogP contribution in [-0.4, -0.2) is 28.8 Å². The molecule has 1 N–H and O–H groups in total. The maximum absolute atomic E-state index is 14.4. The average Bonchev–Trinajstić information content (AvgIpc) is 3.49. The highest BCUT2D eigenvalue weighted by atomic mass is 35.5. The van der Waals surface area contributed by atoms with E-state index in [9.17, 15) is 31.1 Å². The molecule has 1 aromatic heterocycles. The molecule has 1 unspecified atom stereocenters. The summed E-state index contributed by atoms with van der Waals surface area (Å²) in [6.45, 7) is 0. The number of pyridine rings is 1. The summed E-state index contributed by atoms with van der Waals surface area (Å²) in [6, 6.07) is 6.20. The fourth-order valence-electron chi connectivity index (χ4n) is 4.17. The molecule has 36 heavy (non-hydrogen) atoms. The number of nitrogens with one attached hydrogen (secondary N) is 1. The van der Waals surface area contributed by atoms with Crippen LogP contribution in [0.5, 0.6) is 0 Å². The molecule has 188 valence electrons. The predicted molar refractivity (Wildman–Crippen MR) is 119 cm³/mol. The molecule has 1 amide bonds. The third kappa shape index (κ3) is 4.25. The molecule has 5 nitrogen and oxygen atoms in total. The van der Waals surface area contributed by atoms with Crippen molar-refractivity contribution in [2.75, 3.05) is 0 Å². The van der Waals surface area contributed by atoms with Crippen molar-refractivity contribution in [3.8, 4) is 0 Å². The Hall–Kier alpha value is -3.34. The van der Waals surface area contributed by atoms with Crippen molar-refractivity contribution in [1.82, 2.24) is 10.3 Å². The number of fused-ring (bicyclic) bond motifs is 1. The smallest absolute Gasteiger partial charge is 0.374 e. The standard InChI is InChI=1S/C24H16ClF6N3O2/c25-14-8-12(7-13(9-14)23(26,27)28)22(24(29,30)31)10-20(34-36-22)17-3-4-18(21(35)33-15-1-2-15)19-11-32-6-5-16(17)19/h3-9,11,15H,1-2,10H2,(H,33,35). The highest BCUT2D eigenvalue weighted by Crippen LogP contribution is 2.50. The fraction of sp³-hybridized carbons (Fsp3) is 0.292. The van der Waals surface area contributed by atoms with E-state index in [1.807, 2.05) is 0 Å². The molecule has 0 bridgehead atoms. The van der Waals surface area contributed by atoms with Crippen molar-refractivity contribution in [2.45, 2.75) is 43.3 Å². The maximum Gasteiger partial charge on any atom is 0.435 e. The number of nitrogens with zero attached hydrogens (tertiary/aromatic N) is 2. The number of alkyl halides is 6. The van der Waals surface area contributed by atoms with Crippen LogP contribution in [0.1, 0.15) is 46.3 Å². The summed E-state index contributed by atoms with van der Waals surface area (Å²) in [5.74, 6) is -0.338. The maximum atomic E-state index is 14.4. The van der Waals surface area contributed by atoms with E-state index in [0.717, 1.165) is 18.9 Å². The van der Waals surface area contributed by atoms with Gasteiger partial charge in [-0.15, -0.1) is 0 Å². The Morgan fingerprint density at radius 2 is 1.81 bits per heavy atom. The summed E-state index contributed by atoms with van der Waals surface area (Å²) in [5, 5.41) is 6.78. The van der Waals surface area contributed by atoms with Crippen LogP contribution in [0.2, 0.25) is 5.02 Å². The zero-order chi connectivity index (χ0) is 25.9. The zero-order valence-corrected chi connectivity index (χ0v) is 18.9. The van der Waals surface area contributed by atoms with Gasteiger partial charge in [0, 0.05) is 52.0 Å². The molecule has 12 heteroatoms. The number of carbonyl (C=O) groups is 1. The number of aromatic nitrogens is 1. The first-order valence-electron chi connectivity index (χ1n) is 10.8. The van der Waals surface area contributed by atoms with Gasteiger partial charge in [-0.25, -0.2) is 0 Å². The minimum Gasteiger partial charge on any atom is -0.374 e. The third-order valence-corrected chi connectivity index (χ3v) is 6.38. The Kier molecular flexibility index (Phi) is 5.66. The molecule has 1 aliphatic heterocycles. The summed E-state index contributed by atoms with van der Waals surface area (Å²) in [4.78, 5) is 21.6. The van der Waals surface area contributed by atoms with Gasteiger partial charge in [-0.3, -0.25) is 9.78 Å². The number of oxime groups is 1. The van der Waals surface area contributed by atoms with Gasteiger partial charge in [-0.05, 0) is 48.6 Å². The summed E-state index contributed by atoms with van der Waals surface area (Å²) in [7, 11) is 0. The second-order valence-electron chi connectivity index (χ2n) is 8.69. The van der Waals surface area contributed by atoms with E-state index < -0.39 is 40.5 Å². The summed E-state index contributed by atoms with van der Waals surface area (Å²) in [6.07, 6.45) is -6.39. The van der Waals surface area contributed by atoms with Gasteiger partial charge < -0.3 is 10.2 Å². The second kappa shape index (κ2) is 8.36. The Morgan fingerprint density at radius 1 is 1.06 bits per heavy atom. The lowest BCUT2D eigenvalue weighted by Gasteiger charge is -2.30. The van der Waals surface area contributed by atoms with Crippen LogP contribution in [0.25, 0.3) is 10.8 Å². The molecule has 1 atom stereocenters. The molecular formula is C24H16ClF6N3O2. The monoisotopic (exact) mass is 527 g/mol. The number of amides is 1. The summed E-state index contributed by atoms with van der Waals surface area (Å²) < 4.78 is 83.1. The van der Waals surface area contributed by atoms with Gasteiger partial charge in [0.1, 0.15) is 0 Å². The van der Waals surface area contributed by atoms with Gasteiger partial charge in [-0.1, -0.05) is 22.8 Å². The van der Waals surface area contributed by atoms with Crippen molar-refractivity contribution >= 4 is 34.0 Å². The zero-order valence-electron chi connectivity index (χ0n) is 18.2. The normalized spacial score (nSPS) is 20.2. The molecule has 2 aromatic carbocycles. The highest BCUT2D eigenvalue weighted by Gasteiger charge is 2.62. The highest BCUT2D eigenvalue weighted by molar-refractivity contribution is 6.30. The van der Waals surface area contributed by atoms with E-state index in [2.05, 4.69) is 15.5 Å². The molecule has 2 heterocycles. The van der Waals surface area contributed by atoms with Crippen LogP contribution >= 0.6 is 11.6 Å². The first kappa shape index (κ1) is 24.4. The number of hydrogen-bond donors (Lipinski definition) is 1. The first-order valence-corrected chi connectivity index (χ1v) is 11.1. The van der Waals surface area contributed by atoms with Gasteiger partial charge in [-0.2, -0.15) is 26.3 Å². The lowest BCUT2D eigenvalue weighted by molar-refractivity contribution is -0.276. The molecule has 1 aliphatic carbocycles. The van der Waals surface area contributed by atoms with Gasteiger partial charge in [0.05, 0.1) is 11.3 Å². The van der Waals surface area contributed by atoms with E-state index in [4.69, 9.17) is 16.4 Å². The van der Waals surface area contributed by atoms with Crippen LogP contribution in [0, 0.1) is 0 Å². The summed E-state index contributed by atoms with van der Waals surface area (Å²) >= 11 is 5.76.